The molecule has 0 bridgehead atoms. The lowest BCUT2D eigenvalue weighted by Gasteiger charge is -2.63. The Morgan fingerprint density at radius 3 is 0.625 bits per heavy atom. The number of rotatable bonds is 4. The highest BCUT2D eigenvalue weighted by Crippen LogP contribution is 2.49. The first-order chi connectivity index (χ1) is 19.0. The van der Waals surface area contributed by atoms with Crippen molar-refractivity contribution in [2.45, 2.75) is 178 Å². The summed E-state index contributed by atoms with van der Waals surface area (Å²) in [5.41, 5.74) is -0.414. The van der Waals surface area contributed by atoms with E-state index in [0.717, 1.165) is 51.4 Å². The van der Waals surface area contributed by atoms with E-state index in [9.17, 15) is 0 Å². The molecule has 0 unspecified atom stereocenters. The molecule has 4 nitrogen and oxygen atoms in total. The number of hydrogen-bond donors (Lipinski definition) is 0. The molecule has 4 saturated carbocycles. The highest BCUT2D eigenvalue weighted by Gasteiger charge is 2.64. The van der Waals surface area contributed by atoms with Crippen molar-refractivity contribution in [1.82, 2.24) is 18.9 Å². The molecular formula is C28H52B4Cl4N4. The van der Waals surface area contributed by atoms with Crippen LogP contribution in [0.15, 0.2) is 0 Å². The van der Waals surface area contributed by atoms with Crippen LogP contribution >= 0.6 is 45.8 Å². The van der Waals surface area contributed by atoms with Crippen LogP contribution in [0.5, 0.6) is 0 Å². The van der Waals surface area contributed by atoms with Gasteiger partial charge in [0.15, 0.2) is 0 Å². The zero-order valence-electron chi connectivity index (χ0n) is 25.8. The summed E-state index contributed by atoms with van der Waals surface area (Å²) < 4.78 is 9.89. The van der Waals surface area contributed by atoms with Crippen molar-refractivity contribution in [3.05, 3.63) is 0 Å². The van der Waals surface area contributed by atoms with Crippen molar-refractivity contribution < 1.29 is 0 Å². The lowest BCUT2D eigenvalue weighted by molar-refractivity contribution is 0.130. The predicted octanol–water partition coefficient (Wildman–Crippen LogP) is 8.99. The van der Waals surface area contributed by atoms with Crippen molar-refractivity contribution in [2.24, 2.45) is 0 Å². The quantitative estimate of drug-likeness (QED) is 0.288. The first-order valence-corrected chi connectivity index (χ1v) is 18.4. The van der Waals surface area contributed by atoms with Gasteiger partial charge in [0.1, 0.15) is 0 Å². The third-order valence-electron chi connectivity index (χ3n) is 12.1. The maximum Gasteiger partial charge on any atom is 0.401 e. The Kier molecular flexibility index (Phi) is 10.6. The van der Waals surface area contributed by atoms with Gasteiger partial charge in [-0.2, -0.15) is 45.8 Å². The van der Waals surface area contributed by atoms with E-state index in [1.165, 1.54) is 77.0 Å². The maximum absolute atomic E-state index is 7.89. The maximum atomic E-state index is 7.89. The van der Waals surface area contributed by atoms with Gasteiger partial charge in [-0.25, -0.2) is 0 Å². The Bertz CT molecular complexity index is 698. The fraction of sp³-hybridized carbons (Fsp3) is 1.00. The van der Waals surface area contributed by atoms with Gasteiger partial charge in [0.25, 0.3) is 0 Å². The minimum Gasteiger partial charge on any atom is -0.323 e. The van der Waals surface area contributed by atoms with E-state index in [-0.39, 0.29) is 22.2 Å². The minimum atomic E-state index is -0.412. The summed E-state index contributed by atoms with van der Waals surface area (Å²) in [7, 11) is 0. The molecule has 0 amide bonds. The average Bonchev–Trinajstić information content (AvgIpc) is 2.89. The molecule has 0 spiro atoms. The van der Waals surface area contributed by atoms with Crippen molar-refractivity contribution in [3.8, 4) is 0 Å². The standard InChI is InChI=1S/C28H52B4Cl4N4/c1-25(17-9-5-10-18-25)37-29(33)38(26(2)19-11-6-12-20-26)31(35)40(28(4)23-15-8-16-24-28)32(36)39(30(37)34)27(3)21-13-7-14-22-27/h5-24H2,1-4H3. The van der Waals surface area contributed by atoms with Crippen LogP contribution in [0.25, 0.3) is 0 Å². The summed E-state index contributed by atoms with van der Waals surface area (Å²) in [4.78, 5) is 0. The molecule has 5 fully saturated rings. The fourth-order valence-corrected chi connectivity index (χ4v) is 12.3. The fourth-order valence-electron chi connectivity index (χ4n) is 9.29. The SMILES string of the molecule is CC1(N2B(Cl)N(C3(C)CCCCC3)B(Cl)N(C3(C)CCCCC3)B(Cl)N(C3(C)CCCCC3)B2Cl)CCCCC1. The van der Waals surface area contributed by atoms with Gasteiger partial charge in [-0.05, 0) is 79.1 Å². The summed E-state index contributed by atoms with van der Waals surface area (Å²) in [6.07, 6.45) is 22.1. The molecule has 1 saturated heterocycles. The van der Waals surface area contributed by atoms with E-state index in [2.05, 4.69) is 46.6 Å². The highest BCUT2D eigenvalue weighted by molar-refractivity contribution is 7.26. The molecule has 0 aromatic heterocycles. The van der Waals surface area contributed by atoms with Crippen LogP contribution in [-0.2, 0) is 0 Å². The Morgan fingerprint density at radius 1 is 0.325 bits per heavy atom. The molecule has 0 radical (unpaired) electrons. The first-order valence-electron chi connectivity index (χ1n) is 16.7. The number of hydrogen-bond acceptors (Lipinski definition) is 4. The molecule has 4 aliphatic carbocycles. The Morgan fingerprint density at radius 2 is 0.475 bits per heavy atom. The van der Waals surface area contributed by atoms with Gasteiger partial charge in [-0.1, -0.05) is 77.0 Å². The van der Waals surface area contributed by atoms with Gasteiger partial charge in [-0.15, -0.1) is 0 Å². The van der Waals surface area contributed by atoms with Gasteiger partial charge >= 0.3 is 25.6 Å². The van der Waals surface area contributed by atoms with Crippen LogP contribution in [0.2, 0.25) is 0 Å². The molecule has 5 rings (SSSR count). The molecule has 5 aliphatic rings. The minimum absolute atomic E-state index is 0.103. The molecule has 0 atom stereocenters. The van der Waals surface area contributed by atoms with Crippen LogP contribution in [0.1, 0.15) is 156 Å². The van der Waals surface area contributed by atoms with Crippen molar-refractivity contribution >= 4 is 71.4 Å². The zero-order chi connectivity index (χ0) is 28.8. The van der Waals surface area contributed by atoms with E-state index in [4.69, 9.17) is 45.8 Å². The highest BCUT2D eigenvalue weighted by atomic mass is 35.5. The van der Waals surface area contributed by atoms with Crippen molar-refractivity contribution in [2.75, 3.05) is 0 Å². The summed E-state index contributed by atoms with van der Waals surface area (Å²) >= 11 is 31.6. The molecular weight excluding hydrogens is 577 g/mol. The summed E-state index contributed by atoms with van der Waals surface area (Å²) in [5, 5.41) is 0. The Hall–Kier alpha value is 1.26. The number of nitrogens with zero attached hydrogens (tertiary/aromatic N) is 4. The van der Waals surface area contributed by atoms with Crippen LogP contribution in [0, 0.1) is 0 Å². The molecule has 224 valence electrons. The first kappa shape index (κ1) is 32.6. The van der Waals surface area contributed by atoms with Gasteiger partial charge in [0, 0.05) is 22.2 Å². The number of halogens is 4. The molecule has 0 aromatic carbocycles. The molecule has 0 aromatic rings. The largest absolute Gasteiger partial charge is 0.401 e. The second-order valence-corrected chi connectivity index (χ2v) is 16.7. The summed E-state index contributed by atoms with van der Waals surface area (Å²) in [6, 6.07) is 0. The Labute approximate surface area is 267 Å². The lowest BCUT2D eigenvalue weighted by Crippen LogP contribution is -2.83. The summed E-state index contributed by atoms with van der Waals surface area (Å²) in [5.74, 6) is 0. The average molecular weight is 630 g/mol. The van der Waals surface area contributed by atoms with E-state index < -0.39 is 25.6 Å². The van der Waals surface area contributed by atoms with E-state index >= 15 is 0 Å². The third kappa shape index (κ3) is 6.08. The smallest absolute Gasteiger partial charge is 0.323 e. The van der Waals surface area contributed by atoms with Crippen molar-refractivity contribution in [3.63, 3.8) is 0 Å². The monoisotopic (exact) mass is 628 g/mol. The predicted molar refractivity (Wildman–Crippen MR) is 180 cm³/mol. The Balaban J connectivity index is 1.67. The third-order valence-corrected chi connectivity index (χ3v) is 13.7. The van der Waals surface area contributed by atoms with E-state index in [1.807, 2.05) is 0 Å². The second kappa shape index (κ2) is 12.9. The van der Waals surface area contributed by atoms with E-state index in [1.54, 1.807) is 0 Å². The van der Waals surface area contributed by atoms with Gasteiger partial charge in [0.05, 0.1) is 0 Å². The topological polar surface area (TPSA) is 13.0 Å². The normalized spacial score (nSPS) is 31.2. The van der Waals surface area contributed by atoms with Crippen LogP contribution in [0.4, 0.5) is 0 Å². The lowest BCUT2D eigenvalue weighted by atomic mass is 9.58. The summed E-state index contributed by atoms with van der Waals surface area (Å²) in [6.45, 7) is 9.64. The molecule has 1 heterocycles. The molecule has 40 heavy (non-hydrogen) atoms. The van der Waals surface area contributed by atoms with Gasteiger partial charge < -0.3 is 18.9 Å². The van der Waals surface area contributed by atoms with Crippen molar-refractivity contribution in [1.29, 1.82) is 0 Å². The second-order valence-electron chi connectivity index (χ2n) is 15.1. The molecule has 1 aliphatic heterocycles. The van der Waals surface area contributed by atoms with E-state index in [0.29, 0.717) is 0 Å². The van der Waals surface area contributed by atoms with Crippen LogP contribution < -0.4 is 0 Å². The molecule has 0 N–H and O–H groups in total. The van der Waals surface area contributed by atoms with Crippen LogP contribution in [-0.4, -0.2) is 66.6 Å². The van der Waals surface area contributed by atoms with Gasteiger partial charge in [-0.3, -0.25) is 0 Å². The van der Waals surface area contributed by atoms with Crippen LogP contribution in [0.3, 0.4) is 0 Å². The van der Waals surface area contributed by atoms with Gasteiger partial charge in [0.2, 0.25) is 0 Å². The molecule has 12 heteroatoms. The zero-order valence-corrected chi connectivity index (χ0v) is 28.8.